The maximum atomic E-state index is 11.9. The van der Waals surface area contributed by atoms with Crippen molar-refractivity contribution in [3.8, 4) is 6.07 Å². The first kappa shape index (κ1) is 13.5. The van der Waals surface area contributed by atoms with E-state index in [1.165, 1.54) is 0 Å². The van der Waals surface area contributed by atoms with Gasteiger partial charge in [-0.15, -0.1) is 0 Å². The lowest BCUT2D eigenvalue weighted by atomic mass is 10.1. The molecule has 2 aromatic rings. The molecule has 0 aliphatic carbocycles. The number of benzene rings is 2. The molecule has 0 aromatic heterocycles. The second-order valence-corrected chi connectivity index (χ2v) is 5.18. The molecule has 0 radical (unpaired) electrons. The van der Waals surface area contributed by atoms with Crippen LogP contribution >= 0.6 is 22.6 Å². The summed E-state index contributed by atoms with van der Waals surface area (Å²) in [6, 6.07) is 16.6. The third-order valence-corrected chi connectivity index (χ3v) is 3.31. The molecule has 2 rings (SSSR count). The van der Waals surface area contributed by atoms with Crippen LogP contribution in [0.15, 0.2) is 54.6 Å². The highest BCUT2D eigenvalue weighted by molar-refractivity contribution is 14.1. The first-order valence-corrected chi connectivity index (χ1v) is 6.75. The summed E-state index contributed by atoms with van der Waals surface area (Å²) in [5, 5.41) is 8.69. The van der Waals surface area contributed by atoms with Gasteiger partial charge in [-0.3, -0.25) is 4.79 Å². The van der Waals surface area contributed by atoms with E-state index in [4.69, 9.17) is 5.26 Å². The summed E-state index contributed by atoms with van der Waals surface area (Å²) in [7, 11) is 0. The van der Waals surface area contributed by atoms with Crippen LogP contribution in [0.2, 0.25) is 0 Å². The van der Waals surface area contributed by atoms with E-state index in [9.17, 15) is 4.79 Å². The summed E-state index contributed by atoms with van der Waals surface area (Å²) in [6.45, 7) is 0. The molecule has 2 nitrogen and oxygen atoms in total. The molecule has 2 aromatic carbocycles. The lowest BCUT2D eigenvalue weighted by Gasteiger charge is -1.96. The maximum absolute atomic E-state index is 11.9. The van der Waals surface area contributed by atoms with Crippen molar-refractivity contribution >= 4 is 34.5 Å². The molecule has 19 heavy (non-hydrogen) atoms. The van der Waals surface area contributed by atoms with Crippen LogP contribution in [-0.4, -0.2) is 5.78 Å². The van der Waals surface area contributed by atoms with Crippen LogP contribution in [0.5, 0.6) is 0 Å². The standard InChI is InChI=1S/C16H10INO/c17-15-8-6-14(7-9-15)16(19)10-5-12-1-3-13(11-18)4-2-12/h1-10H/b10-5+. The van der Waals surface area contributed by atoms with E-state index in [2.05, 4.69) is 28.7 Å². The molecule has 0 unspecified atom stereocenters. The third kappa shape index (κ3) is 3.76. The molecular formula is C16H10INO. The smallest absolute Gasteiger partial charge is 0.185 e. The highest BCUT2D eigenvalue weighted by atomic mass is 127. The van der Waals surface area contributed by atoms with Crippen molar-refractivity contribution in [1.82, 2.24) is 0 Å². The van der Waals surface area contributed by atoms with Gasteiger partial charge in [0.2, 0.25) is 0 Å². The third-order valence-electron chi connectivity index (χ3n) is 2.60. The van der Waals surface area contributed by atoms with Crippen LogP contribution in [0.25, 0.3) is 6.08 Å². The fourth-order valence-corrected chi connectivity index (χ4v) is 1.91. The van der Waals surface area contributed by atoms with E-state index in [0.29, 0.717) is 11.1 Å². The average Bonchev–Trinajstić information content (AvgIpc) is 2.46. The van der Waals surface area contributed by atoms with Gasteiger partial charge in [0.05, 0.1) is 11.6 Å². The Hall–Kier alpha value is -1.93. The zero-order valence-corrected chi connectivity index (χ0v) is 12.2. The molecule has 0 spiro atoms. The molecule has 0 fully saturated rings. The molecule has 92 valence electrons. The van der Waals surface area contributed by atoms with Crippen molar-refractivity contribution in [2.75, 3.05) is 0 Å². The van der Waals surface area contributed by atoms with Crippen LogP contribution in [-0.2, 0) is 0 Å². The quantitative estimate of drug-likeness (QED) is 0.471. The van der Waals surface area contributed by atoms with Crippen LogP contribution in [0.4, 0.5) is 0 Å². The van der Waals surface area contributed by atoms with Crippen LogP contribution < -0.4 is 0 Å². The number of rotatable bonds is 3. The van der Waals surface area contributed by atoms with Crippen molar-refractivity contribution in [1.29, 1.82) is 5.26 Å². The Bertz CT molecular complexity index is 649. The Kier molecular flexibility index (Phi) is 4.48. The highest BCUT2D eigenvalue weighted by Crippen LogP contribution is 2.10. The Morgan fingerprint density at radius 3 is 2.26 bits per heavy atom. The van der Waals surface area contributed by atoms with E-state index in [0.717, 1.165) is 9.13 Å². The molecular weight excluding hydrogens is 349 g/mol. The predicted molar refractivity (Wildman–Crippen MR) is 83.7 cm³/mol. The average molecular weight is 359 g/mol. The van der Waals surface area contributed by atoms with Crippen molar-refractivity contribution in [3.05, 3.63) is 74.9 Å². The van der Waals surface area contributed by atoms with Gasteiger partial charge in [-0.05, 0) is 58.5 Å². The second-order valence-electron chi connectivity index (χ2n) is 3.94. The van der Waals surface area contributed by atoms with Gasteiger partial charge in [-0.2, -0.15) is 5.26 Å². The normalized spacial score (nSPS) is 10.3. The molecule has 3 heteroatoms. The summed E-state index contributed by atoms with van der Waals surface area (Å²) in [4.78, 5) is 11.9. The Labute approximate surface area is 125 Å². The first-order chi connectivity index (χ1) is 9.19. The lowest BCUT2D eigenvalue weighted by molar-refractivity contribution is 0.104. The number of hydrogen-bond acceptors (Lipinski definition) is 2. The van der Waals surface area contributed by atoms with Gasteiger partial charge in [-0.1, -0.05) is 30.3 Å². The number of nitrogens with zero attached hydrogens (tertiary/aromatic N) is 1. The van der Waals surface area contributed by atoms with Gasteiger partial charge in [0.1, 0.15) is 0 Å². The van der Waals surface area contributed by atoms with Crippen LogP contribution in [0, 0.1) is 14.9 Å². The summed E-state index contributed by atoms with van der Waals surface area (Å²) in [5.74, 6) is -0.0271. The second kappa shape index (κ2) is 6.30. The van der Waals surface area contributed by atoms with Crippen LogP contribution in [0.1, 0.15) is 21.5 Å². The van der Waals surface area contributed by atoms with E-state index in [-0.39, 0.29) is 5.78 Å². The number of halogens is 1. The van der Waals surface area contributed by atoms with E-state index in [1.54, 1.807) is 24.3 Å². The Morgan fingerprint density at radius 1 is 1.05 bits per heavy atom. The molecule has 0 saturated heterocycles. The van der Waals surface area contributed by atoms with Crippen molar-refractivity contribution in [2.24, 2.45) is 0 Å². The van der Waals surface area contributed by atoms with E-state index >= 15 is 0 Å². The zero-order chi connectivity index (χ0) is 13.7. The summed E-state index contributed by atoms with van der Waals surface area (Å²) >= 11 is 2.20. The Morgan fingerprint density at radius 2 is 1.68 bits per heavy atom. The van der Waals surface area contributed by atoms with Crippen molar-refractivity contribution in [2.45, 2.75) is 0 Å². The van der Waals surface area contributed by atoms with Crippen molar-refractivity contribution < 1.29 is 4.79 Å². The molecule has 0 atom stereocenters. The first-order valence-electron chi connectivity index (χ1n) is 5.67. The number of carbonyl (C=O) groups excluding carboxylic acids is 1. The summed E-state index contributed by atoms with van der Waals surface area (Å²) < 4.78 is 1.10. The number of hydrogen-bond donors (Lipinski definition) is 0. The molecule has 0 N–H and O–H groups in total. The van der Waals surface area contributed by atoms with E-state index < -0.39 is 0 Å². The monoisotopic (exact) mass is 359 g/mol. The largest absolute Gasteiger partial charge is 0.289 e. The lowest BCUT2D eigenvalue weighted by Crippen LogP contribution is -1.93. The minimum Gasteiger partial charge on any atom is -0.289 e. The van der Waals surface area contributed by atoms with Gasteiger partial charge < -0.3 is 0 Å². The Balaban J connectivity index is 2.11. The van der Waals surface area contributed by atoms with Crippen molar-refractivity contribution in [3.63, 3.8) is 0 Å². The topological polar surface area (TPSA) is 40.9 Å². The number of allylic oxidation sites excluding steroid dienone is 1. The number of nitriles is 1. The van der Waals surface area contributed by atoms with Crippen LogP contribution in [0.3, 0.4) is 0 Å². The molecule has 0 aliphatic heterocycles. The highest BCUT2D eigenvalue weighted by Gasteiger charge is 2.00. The summed E-state index contributed by atoms with van der Waals surface area (Å²) in [5.41, 5.74) is 2.18. The molecule has 0 heterocycles. The fraction of sp³-hybridized carbons (Fsp3) is 0. The SMILES string of the molecule is N#Cc1ccc(/C=C/C(=O)c2ccc(I)cc2)cc1. The maximum Gasteiger partial charge on any atom is 0.185 e. The number of ketones is 1. The van der Waals surface area contributed by atoms with E-state index in [1.807, 2.05) is 36.4 Å². The summed E-state index contributed by atoms with van der Waals surface area (Å²) in [6.07, 6.45) is 3.30. The predicted octanol–water partition coefficient (Wildman–Crippen LogP) is 4.06. The number of carbonyl (C=O) groups is 1. The zero-order valence-electron chi connectivity index (χ0n) is 10.0. The van der Waals surface area contributed by atoms with Gasteiger partial charge in [0, 0.05) is 9.13 Å². The minimum atomic E-state index is -0.0271. The van der Waals surface area contributed by atoms with Gasteiger partial charge in [0.15, 0.2) is 5.78 Å². The van der Waals surface area contributed by atoms with Gasteiger partial charge in [-0.25, -0.2) is 0 Å². The molecule has 0 amide bonds. The minimum absolute atomic E-state index is 0.0271. The fourth-order valence-electron chi connectivity index (χ4n) is 1.55. The molecule has 0 saturated carbocycles. The van der Waals surface area contributed by atoms with Gasteiger partial charge in [0.25, 0.3) is 0 Å². The molecule has 0 aliphatic rings. The molecule has 0 bridgehead atoms. The van der Waals surface area contributed by atoms with Gasteiger partial charge >= 0.3 is 0 Å².